The van der Waals surface area contributed by atoms with Gasteiger partial charge in [0.1, 0.15) is 0 Å². The summed E-state index contributed by atoms with van der Waals surface area (Å²) in [6.07, 6.45) is 2.91. The van der Waals surface area contributed by atoms with Gasteiger partial charge in [-0.25, -0.2) is 0 Å². The predicted octanol–water partition coefficient (Wildman–Crippen LogP) is 3.94. The van der Waals surface area contributed by atoms with Crippen LogP contribution in [0.1, 0.15) is 27.0 Å². The molecular formula is C22H31IN4OS. The SMILES string of the molecule is CN=C(NCCc1cccc(C(=O)N(C)C)c1)NCc1ccc(C)cc1SC.I. The van der Waals surface area contributed by atoms with Crippen molar-refractivity contribution in [3.05, 3.63) is 64.7 Å². The van der Waals surface area contributed by atoms with E-state index in [1.807, 2.05) is 24.3 Å². The number of aliphatic imine (C=N–C) groups is 1. The predicted molar refractivity (Wildman–Crippen MR) is 135 cm³/mol. The molecule has 0 atom stereocenters. The maximum atomic E-state index is 12.1. The summed E-state index contributed by atoms with van der Waals surface area (Å²) in [6, 6.07) is 14.3. The highest BCUT2D eigenvalue weighted by Gasteiger charge is 2.08. The fourth-order valence-electron chi connectivity index (χ4n) is 2.84. The van der Waals surface area contributed by atoms with E-state index in [2.05, 4.69) is 47.0 Å². The number of hydrogen-bond acceptors (Lipinski definition) is 3. The van der Waals surface area contributed by atoms with E-state index in [1.165, 1.54) is 16.0 Å². The molecule has 7 heteroatoms. The Labute approximate surface area is 195 Å². The summed E-state index contributed by atoms with van der Waals surface area (Å²) in [5.74, 6) is 0.795. The van der Waals surface area contributed by atoms with E-state index in [0.717, 1.165) is 31.0 Å². The third kappa shape index (κ3) is 7.89. The molecule has 2 aromatic rings. The number of thioether (sulfide) groups is 1. The number of carbonyl (C=O) groups is 1. The van der Waals surface area contributed by atoms with Crippen LogP contribution in [0.2, 0.25) is 0 Å². The summed E-state index contributed by atoms with van der Waals surface area (Å²) in [5, 5.41) is 6.72. The highest BCUT2D eigenvalue weighted by Crippen LogP contribution is 2.21. The Hall–Kier alpha value is -1.74. The number of carbonyl (C=O) groups excluding carboxylic acids is 1. The second kappa shape index (κ2) is 12.7. The summed E-state index contributed by atoms with van der Waals surface area (Å²) in [4.78, 5) is 19.3. The van der Waals surface area contributed by atoms with Crippen molar-refractivity contribution in [2.45, 2.75) is 24.8 Å². The Kier molecular flexibility index (Phi) is 11.1. The molecular weight excluding hydrogens is 495 g/mol. The molecule has 0 bridgehead atoms. The van der Waals surface area contributed by atoms with Crippen molar-refractivity contribution < 1.29 is 4.79 Å². The van der Waals surface area contributed by atoms with Crippen molar-refractivity contribution >= 4 is 47.6 Å². The first-order valence-corrected chi connectivity index (χ1v) is 10.6. The minimum atomic E-state index is 0. The van der Waals surface area contributed by atoms with Gasteiger partial charge in [-0.2, -0.15) is 0 Å². The van der Waals surface area contributed by atoms with Gasteiger partial charge in [-0.05, 0) is 54.5 Å². The standard InChI is InChI=1S/C22H30N4OS.HI/c1-16-9-10-19(20(13-16)28-5)15-25-22(23-2)24-12-11-17-7-6-8-18(14-17)21(27)26(3)4;/h6-10,13-14H,11-12,15H2,1-5H3,(H2,23,24,25);1H. The number of benzene rings is 2. The highest BCUT2D eigenvalue weighted by molar-refractivity contribution is 14.0. The van der Waals surface area contributed by atoms with Gasteiger partial charge in [0, 0.05) is 44.7 Å². The van der Waals surface area contributed by atoms with E-state index in [0.29, 0.717) is 5.56 Å². The summed E-state index contributed by atoms with van der Waals surface area (Å²) in [7, 11) is 5.31. The Morgan fingerprint density at radius 3 is 2.55 bits per heavy atom. The van der Waals surface area contributed by atoms with Crippen molar-refractivity contribution in [2.24, 2.45) is 4.99 Å². The van der Waals surface area contributed by atoms with E-state index in [-0.39, 0.29) is 29.9 Å². The summed E-state index contributed by atoms with van der Waals surface area (Å²) < 4.78 is 0. The van der Waals surface area contributed by atoms with Crippen LogP contribution in [0, 0.1) is 6.92 Å². The molecule has 29 heavy (non-hydrogen) atoms. The first-order chi connectivity index (χ1) is 13.4. The second-order valence-corrected chi connectivity index (χ2v) is 7.67. The fraction of sp³-hybridized carbons (Fsp3) is 0.364. The van der Waals surface area contributed by atoms with E-state index in [4.69, 9.17) is 0 Å². The van der Waals surface area contributed by atoms with Gasteiger partial charge < -0.3 is 15.5 Å². The quantitative estimate of drug-likeness (QED) is 0.249. The minimum Gasteiger partial charge on any atom is -0.356 e. The minimum absolute atomic E-state index is 0. The number of halogens is 1. The van der Waals surface area contributed by atoms with Gasteiger partial charge in [-0.15, -0.1) is 35.7 Å². The van der Waals surface area contributed by atoms with Crippen LogP contribution in [0.4, 0.5) is 0 Å². The first kappa shape index (κ1) is 25.3. The topological polar surface area (TPSA) is 56.7 Å². The smallest absolute Gasteiger partial charge is 0.253 e. The zero-order chi connectivity index (χ0) is 20.5. The van der Waals surface area contributed by atoms with Gasteiger partial charge in [0.05, 0.1) is 0 Å². The van der Waals surface area contributed by atoms with Crippen LogP contribution in [0.3, 0.4) is 0 Å². The summed E-state index contributed by atoms with van der Waals surface area (Å²) in [5.41, 5.74) is 4.37. The Balaban J connectivity index is 0.00000420. The highest BCUT2D eigenvalue weighted by atomic mass is 127. The second-order valence-electron chi connectivity index (χ2n) is 6.82. The lowest BCUT2D eigenvalue weighted by Gasteiger charge is -2.14. The maximum absolute atomic E-state index is 12.1. The monoisotopic (exact) mass is 526 g/mol. The maximum Gasteiger partial charge on any atom is 0.253 e. The van der Waals surface area contributed by atoms with Crippen LogP contribution in [0.5, 0.6) is 0 Å². The molecule has 5 nitrogen and oxygen atoms in total. The molecule has 158 valence electrons. The van der Waals surface area contributed by atoms with E-state index < -0.39 is 0 Å². The number of hydrogen-bond donors (Lipinski definition) is 2. The molecule has 0 aromatic heterocycles. The van der Waals surface area contributed by atoms with E-state index in [1.54, 1.807) is 37.8 Å². The molecule has 2 N–H and O–H groups in total. The lowest BCUT2D eigenvalue weighted by Crippen LogP contribution is -2.38. The van der Waals surface area contributed by atoms with Crippen molar-refractivity contribution in [1.29, 1.82) is 0 Å². The Morgan fingerprint density at radius 2 is 1.90 bits per heavy atom. The van der Waals surface area contributed by atoms with Crippen molar-refractivity contribution in [2.75, 3.05) is 33.9 Å². The molecule has 0 heterocycles. The Morgan fingerprint density at radius 1 is 1.14 bits per heavy atom. The van der Waals surface area contributed by atoms with Gasteiger partial charge in [-0.1, -0.05) is 24.3 Å². The molecule has 0 aliphatic carbocycles. The van der Waals surface area contributed by atoms with Crippen LogP contribution >= 0.6 is 35.7 Å². The van der Waals surface area contributed by atoms with Crippen LogP contribution in [-0.2, 0) is 13.0 Å². The average Bonchev–Trinajstić information content (AvgIpc) is 2.70. The number of guanidine groups is 1. The van der Waals surface area contributed by atoms with E-state index >= 15 is 0 Å². The third-order valence-electron chi connectivity index (χ3n) is 4.40. The summed E-state index contributed by atoms with van der Waals surface area (Å²) >= 11 is 1.76. The van der Waals surface area contributed by atoms with Crippen LogP contribution in [-0.4, -0.2) is 50.7 Å². The molecule has 0 saturated heterocycles. The Bertz CT molecular complexity index is 839. The van der Waals surface area contributed by atoms with Crippen LogP contribution < -0.4 is 10.6 Å². The van der Waals surface area contributed by atoms with Gasteiger partial charge >= 0.3 is 0 Å². The molecule has 0 saturated carbocycles. The molecule has 0 aliphatic rings. The molecule has 2 aromatic carbocycles. The molecule has 0 radical (unpaired) electrons. The molecule has 0 spiro atoms. The molecule has 2 rings (SSSR count). The van der Waals surface area contributed by atoms with Crippen molar-refractivity contribution in [3.8, 4) is 0 Å². The zero-order valence-electron chi connectivity index (χ0n) is 17.8. The average molecular weight is 526 g/mol. The number of aryl methyl sites for hydroxylation is 1. The number of rotatable bonds is 7. The van der Waals surface area contributed by atoms with Gasteiger partial charge in [-0.3, -0.25) is 9.79 Å². The fourth-order valence-corrected chi connectivity index (χ4v) is 3.55. The molecule has 0 aliphatic heterocycles. The lowest BCUT2D eigenvalue weighted by molar-refractivity contribution is 0.0827. The van der Waals surface area contributed by atoms with Gasteiger partial charge in [0.15, 0.2) is 5.96 Å². The van der Waals surface area contributed by atoms with Gasteiger partial charge in [0.2, 0.25) is 0 Å². The molecule has 1 amide bonds. The van der Waals surface area contributed by atoms with Crippen molar-refractivity contribution in [1.82, 2.24) is 15.5 Å². The largest absolute Gasteiger partial charge is 0.356 e. The number of nitrogens with zero attached hydrogens (tertiary/aromatic N) is 2. The van der Waals surface area contributed by atoms with E-state index in [9.17, 15) is 4.79 Å². The number of nitrogens with one attached hydrogen (secondary N) is 2. The lowest BCUT2D eigenvalue weighted by atomic mass is 10.1. The zero-order valence-corrected chi connectivity index (χ0v) is 20.9. The first-order valence-electron chi connectivity index (χ1n) is 9.33. The molecule has 0 fully saturated rings. The van der Waals surface area contributed by atoms with Gasteiger partial charge in [0.25, 0.3) is 5.91 Å². The third-order valence-corrected chi connectivity index (χ3v) is 5.22. The van der Waals surface area contributed by atoms with Crippen molar-refractivity contribution in [3.63, 3.8) is 0 Å². The molecule has 0 unspecified atom stereocenters. The normalized spacial score (nSPS) is 10.9. The van der Waals surface area contributed by atoms with Crippen LogP contribution in [0.25, 0.3) is 0 Å². The van der Waals surface area contributed by atoms with Crippen LogP contribution in [0.15, 0.2) is 52.4 Å². The number of amides is 1. The summed E-state index contributed by atoms with van der Waals surface area (Å²) in [6.45, 7) is 3.57.